The molecule has 1 unspecified atom stereocenters. The van der Waals surface area contributed by atoms with Gasteiger partial charge in [-0.1, -0.05) is 72.1 Å². The molecule has 0 aromatic carbocycles. The normalized spacial score (nSPS) is 25.2. The highest BCUT2D eigenvalue weighted by atomic mass is 14.4. The summed E-state index contributed by atoms with van der Waals surface area (Å²) in [7, 11) is 0. The van der Waals surface area contributed by atoms with Crippen molar-refractivity contribution in [3.8, 4) is 0 Å². The van der Waals surface area contributed by atoms with Crippen LogP contribution in [0.25, 0.3) is 0 Å². The second-order valence-corrected chi connectivity index (χ2v) is 6.62. The van der Waals surface area contributed by atoms with Gasteiger partial charge in [0.1, 0.15) is 0 Å². The van der Waals surface area contributed by atoms with Crippen molar-refractivity contribution in [2.75, 3.05) is 0 Å². The molecule has 1 fully saturated rings. The molecule has 0 amide bonds. The lowest BCUT2D eigenvalue weighted by molar-refractivity contribution is 0.137. The van der Waals surface area contributed by atoms with E-state index in [1.165, 1.54) is 77.0 Å². The first kappa shape index (κ1) is 15.1. The standard InChI is InChI=1S/C17H34/c1-4-6-12-17(13-7-5-2)14-10-8-9-11-16(3)15-17/h16H,4-15H2,1-3H3. The second kappa shape index (κ2) is 8.16. The first-order chi connectivity index (χ1) is 8.22. The third-order valence-electron chi connectivity index (χ3n) is 4.81. The molecule has 0 aliphatic heterocycles. The minimum Gasteiger partial charge on any atom is -0.0654 e. The van der Waals surface area contributed by atoms with Gasteiger partial charge in [0.05, 0.1) is 0 Å². The topological polar surface area (TPSA) is 0 Å². The van der Waals surface area contributed by atoms with Crippen LogP contribution in [0.1, 0.15) is 97.8 Å². The fourth-order valence-electron chi connectivity index (χ4n) is 3.80. The highest BCUT2D eigenvalue weighted by molar-refractivity contribution is 4.83. The molecular formula is C17H34. The number of unbranched alkanes of at least 4 members (excludes halogenated alkanes) is 2. The van der Waals surface area contributed by atoms with Crippen molar-refractivity contribution in [3.63, 3.8) is 0 Å². The molecule has 0 saturated heterocycles. The highest BCUT2D eigenvalue weighted by Crippen LogP contribution is 2.44. The molecule has 0 heteroatoms. The summed E-state index contributed by atoms with van der Waals surface area (Å²) in [5.41, 5.74) is 0.728. The molecule has 0 aromatic heterocycles. The molecule has 1 saturated carbocycles. The maximum atomic E-state index is 2.50. The summed E-state index contributed by atoms with van der Waals surface area (Å²) >= 11 is 0. The highest BCUT2D eigenvalue weighted by Gasteiger charge is 2.31. The average molecular weight is 238 g/mol. The smallest absolute Gasteiger partial charge is 0.0295 e. The van der Waals surface area contributed by atoms with Gasteiger partial charge in [0, 0.05) is 0 Å². The summed E-state index contributed by atoms with van der Waals surface area (Å²) in [5, 5.41) is 0. The third-order valence-corrected chi connectivity index (χ3v) is 4.81. The SMILES string of the molecule is CCCCC1(CCCC)CCCCCC(C)C1. The molecule has 0 spiro atoms. The van der Waals surface area contributed by atoms with E-state index in [2.05, 4.69) is 20.8 Å². The quantitative estimate of drug-likeness (QED) is 0.506. The van der Waals surface area contributed by atoms with Crippen LogP contribution in [0.15, 0.2) is 0 Å². The van der Waals surface area contributed by atoms with E-state index in [4.69, 9.17) is 0 Å². The lowest BCUT2D eigenvalue weighted by Gasteiger charge is -2.38. The molecule has 0 heterocycles. The van der Waals surface area contributed by atoms with E-state index in [0.717, 1.165) is 11.3 Å². The summed E-state index contributed by atoms with van der Waals surface area (Å²) in [6.45, 7) is 7.19. The van der Waals surface area contributed by atoms with Crippen LogP contribution in [0.5, 0.6) is 0 Å². The van der Waals surface area contributed by atoms with Crippen molar-refractivity contribution in [2.45, 2.75) is 97.8 Å². The molecule has 102 valence electrons. The van der Waals surface area contributed by atoms with Crippen LogP contribution in [0, 0.1) is 11.3 Å². The molecule has 0 N–H and O–H groups in total. The monoisotopic (exact) mass is 238 g/mol. The van der Waals surface area contributed by atoms with E-state index in [1.807, 2.05) is 0 Å². The van der Waals surface area contributed by atoms with Gasteiger partial charge in [-0.15, -0.1) is 0 Å². The van der Waals surface area contributed by atoms with E-state index in [1.54, 1.807) is 0 Å². The van der Waals surface area contributed by atoms with E-state index in [9.17, 15) is 0 Å². The molecule has 17 heavy (non-hydrogen) atoms. The zero-order valence-electron chi connectivity index (χ0n) is 12.6. The summed E-state index contributed by atoms with van der Waals surface area (Å²) in [6.07, 6.45) is 17.7. The Balaban J connectivity index is 2.60. The van der Waals surface area contributed by atoms with Crippen LogP contribution in [0.4, 0.5) is 0 Å². The van der Waals surface area contributed by atoms with Crippen molar-refractivity contribution >= 4 is 0 Å². The molecule has 0 radical (unpaired) electrons. The minimum atomic E-state index is 0.728. The van der Waals surface area contributed by atoms with E-state index in [0.29, 0.717) is 0 Å². The lowest BCUT2D eigenvalue weighted by atomic mass is 9.67. The maximum absolute atomic E-state index is 2.50. The number of hydrogen-bond donors (Lipinski definition) is 0. The Kier molecular flexibility index (Phi) is 7.23. The van der Waals surface area contributed by atoms with Crippen LogP contribution in [-0.2, 0) is 0 Å². The van der Waals surface area contributed by atoms with Crippen molar-refractivity contribution < 1.29 is 0 Å². The summed E-state index contributed by atoms with van der Waals surface area (Å²) in [4.78, 5) is 0. The van der Waals surface area contributed by atoms with Crippen LogP contribution in [-0.4, -0.2) is 0 Å². The summed E-state index contributed by atoms with van der Waals surface area (Å²) in [6, 6.07) is 0. The largest absolute Gasteiger partial charge is 0.0654 e. The second-order valence-electron chi connectivity index (χ2n) is 6.62. The fraction of sp³-hybridized carbons (Fsp3) is 1.00. The first-order valence-electron chi connectivity index (χ1n) is 8.22. The predicted octanol–water partition coefficient (Wildman–Crippen LogP) is 6.34. The van der Waals surface area contributed by atoms with Crippen LogP contribution >= 0.6 is 0 Å². The molecule has 0 bridgehead atoms. The minimum absolute atomic E-state index is 0.728. The lowest BCUT2D eigenvalue weighted by Crippen LogP contribution is -2.25. The van der Waals surface area contributed by atoms with Gasteiger partial charge >= 0.3 is 0 Å². The molecule has 0 aromatic rings. The van der Waals surface area contributed by atoms with Gasteiger partial charge in [0.2, 0.25) is 0 Å². The van der Waals surface area contributed by atoms with E-state index >= 15 is 0 Å². The molecule has 1 aliphatic rings. The fourth-order valence-corrected chi connectivity index (χ4v) is 3.80. The maximum Gasteiger partial charge on any atom is -0.0295 e. The van der Waals surface area contributed by atoms with Gasteiger partial charge in [-0.05, 0) is 37.0 Å². The number of hydrogen-bond acceptors (Lipinski definition) is 0. The van der Waals surface area contributed by atoms with E-state index < -0.39 is 0 Å². The van der Waals surface area contributed by atoms with Gasteiger partial charge in [-0.25, -0.2) is 0 Å². The Bertz CT molecular complexity index is 169. The summed E-state index contributed by atoms with van der Waals surface area (Å²) in [5.74, 6) is 0.976. The zero-order chi connectivity index (χ0) is 12.6. The molecule has 1 rings (SSSR count). The van der Waals surface area contributed by atoms with Crippen LogP contribution in [0.2, 0.25) is 0 Å². The van der Waals surface area contributed by atoms with Crippen molar-refractivity contribution in [1.29, 1.82) is 0 Å². The Hall–Kier alpha value is 0. The van der Waals surface area contributed by atoms with Crippen LogP contribution in [0.3, 0.4) is 0 Å². The average Bonchev–Trinajstić information content (AvgIpc) is 2.30. The molecule has 1 aliphatic carbocycles. The third kappa shape index (κ3) is 5.44. The number of rotatable bonds is 6. The molecule has 0 nitrogen and oxygen atoms in total. The first-order valence-corrected chi connectivity index (χ1v) is 8.22. The van der Waals surface area contributed by atoms with Crippen molar-refractivity contribution in [2.24, 2.45) is 11.3 Å². The van der Waals surface area contributed by atoms with Gasteiger partial charge in [0.15, 0.2) is 0 Å². The van der Waals surface area contributed by atoms with Crippen LogP contribution < -0.4 is 0 Å². The van der Waals surface area contributed by atoms with E-state index in [-0.39, 0.29) is 0 Å². The van der Waals surface area contributed by atoms with Gasteiger partial charge in [0.25, 0.3) is 0 Å². The van der Waals surface area contributed by atoms with Crippen molar-refractivity contribution in [1.82, 2.24) is 0 Å². The van der Waals surface area contributed by atoms with Crippen molar-refractivity contribution in [3.05, 3.63) is 0 Å². The molecular weight excluding hydrogens is 204 g/mol. The Labute approximate surface area is 110 Å². The van der Waals surface area contributed by atoms with Gasteiger partial charge < -0.3 is 0 Å². The Morgan fingerprint density at radius 3 is 2.18 bits per heavy atom. The molecule has 1 atom stereocenters. The Morgan fingerprint density at radius 1 is 0.941 bits per heavy atom. The predicted molar refractivity (Wildman–Crippen MR) is 78.3 cm³/mol. The van der Waals surface area contributed by atoms with Gasteiger partial charge in [-0.2, -0.15) is 0 Å². The summed E-state index contributed by atoms with van der Waals surface area (Å²) < 4.78 is 0. The Morgan fingerprint density at radius 2 is 1.59 bits per heavy atom. The zero-order valence-corrected chi connectivity index (χ0v) is 12.6. The van der Waals surface area contributed by atoms with Gasteiger partial charge in [-0.3, -0.25) is 0 Å².